The average Bonchev–Trinajstić information content (AvgIpc) is 2.36. The molecule has 0 heterocycles. The molecule has 1 rings (SSSR count). The molecule has 1 aromatic rings. The zero-order valence-electron chi connectivity index (χ0n) is 12.1. The normalized spacial score (nSPS) is 10.5. The summed E-state index contributed by atoms with van der Waals surface area (Å²) in [5.41, 5.74) is -0.0656. The molecule has 2 N–H and O–H groups in total. The highest BCUT2D eigenvalue weighted by molar-refractivity contribution is 5.94. The van der Waals surface area contributed by atoms with Crippen molar-refractivity contribution < 1.29 is 18.4 Å². The van der Waals surface area contributed by atoms with Crippen molar-refractivity contribution in [2.75, 3.05) is 33.7 Å². The number of carbonyl (C=O) groups excluding carboxylic acids is 2. The van der Waals surface area contributed by atoms with Gasteiger partial charge in [0.2, 0.25) is 5.91 Å². The lowest BCUT2D eigenvalue weighted by Gasteiger charge is -2.10. The molecule has 0 saturated carbocycles. The lowest BCUT2D eigenvalue weighted by Crippen LogP contribution is -2.35. The van der Waals surface area contributed by atoms with Gasteiger partial charge in [-0.25, -0.2) is 8.78 Å². The zero-order chi connectivity index (χ0) is 15.8. The highest BCUT2D eigenvalue weighted by Crippen LogP contribution is 2.07. The Balaban J connectivity index is 2.26. The Labute approximate surface area is 122 Å². The van der Waals surface area contributed by atoms with Gasteiger partial charge in [0.1, 0.15) is 11.6 Å². The first-order chi connectivity index (χ1) is 9.88. The molecule has 0 aliphatic heterocycles. The lowest BCUT2D eigenvalue weighted by atomic mass is 10.2. The molecule has 5 nitrogen and oxygen atoms in total. The van der Waals surface area contributed by atoms with Crippen LogP contribution in [-0.4, -0.2) is 50.4 Å². The van der Waals surface area contributed by atoms with Crippen molar-refractivity contribution in [3.05, 3.63) is 35.4 Å². The van der Waals surface area contributed by atoms with Crippen LogP contribution in [0.15, 0.2) is 18.2 Å². The molecule has 21 heavy (non-hydrogen) atoms. The van der Waals surface area contributed by atoms with Crippen LogP contribution in [0, 0.1) is 11.6 Å². The van der Waals surface area contributed by atoms with Crippen LogP contribution in [0.2, 0.25) is 0 Å². The van der Waals surface area contributed by atoms with E-state index in [2.05, 4.69) is 10.6 Å². The maximum Gasteiger partial charge on any atom is 0.251 e. The van der Waals surface area contributed by atoms with E-state index in [0.29, 0.717) is 32.1 Å². The van der Waals surface area contributed by atoms with Crippen molar-refractivity contribution in [3.63, 3.8) is 0 Å². The molecule has 0 spiro atoms. The van der Waals surface area contributed by atoms with Gasteiger partial charge in [0.05, 0.1) is 6.54 Å². The summed E-state index contributed by atoms with van der Waals surface area (Å²) in [4.78, 5) is 24.7. The summed E-state index contributed by atoms with van der Waals surface area (Å²) in [6, 6.07) is 2.64. The predicted molar refractivity (Wildman–Crippen MR) is 74.9 cm³/mol. The Morgan fingerprint density at radius 2 is 1.62 bits per heavy atom. The molecule has 7 heteroatoms. The number of hydrogen-bond acceptors (Lipinski definition) is 3. The molecule has 2 amide bonds. The van der Waals surface area contributed by atoms with Gasteiger partial charge in [0, 0.05) is 24.7 Å². The van der Waals surface area contributed by atoms with Crippen molar-refractivity contribution >= 4 is 11.8 Å². The standard InChI is InChI=1S/C14H19F2N3O2/c1-19(2)9-13(20)17-4-3-5-18-14(21)10-6-11(15)8-12(16)7-10/h6-8H,3-5,9H2,1-2H3,(H,17,20)(H,18,21). The molecule has 0 aromatic heterocycles. The predicted octanol–water partition coefficient (Wildman–Crippen LogP) is 0.762. The largest absolute Gasteiger partial charge is 0.355 e. The molecule has 0 saturated heterocycles. The van der Waals surface area contributed by atoms with Crippen LogP contribution in [0.5, 0.6) is 0 Å². The van der Waals surface area contributed by atoms with Crippen molar-refractivity contribution in [3.8, 4) is 0 Å². The molecule has 116 valence electrons. The van der Waals surface area contributed by atoms with Gasteiger partial charge in [-0.05, 0) is 32.6 Å². The Kier molecular flexibility index (Phi) is 6.74. The van der Waals surface area contributed by atoms with Crippen LogP contribution in [-0.2, 0) is 4.79 Å². The Morgan fingerprint density at radius 3 is 2.19 bits per heavy atom. The van der Waals surface area contributed by atoms with E-state index >= 15 is 0 Å². The first-order valence-corrected chi connectivity index (χ1v) is 6.54. The number of halogens is 2. The van der Waals surface area contributed by atoms with Crippen molar-refractivity contribution in [1.82, 2.24) is 15.5 Å². The maximum atomic E-state index is 13.0. The lowest BCUT2D eigenvalue weighted by molar-refractivity contribution is -0.121. The third-order valence-electron chi connectivity index (χ3n) is 2.55. The van der Waals surface area contributed by atoms with Crippen LogP contribution in [0.25, 0.3) is 0 Å². The number of hydrogen-bond donors (Lipinski definition) is 2. The molecule has 0 atom stereocenters. The van der Waals surface area contributed by atoms with Gasteiger partial charge < -0.3 is 15.5 Å². The molecule has 0 bridgehead atoms. The van der Waals surface area contributed by atoms with Crippen LogP contribution >= 0.6 is 0 Å². The van der Waals surface area contributed by atoms with E-state index in [0.717, 1.165) is 12.1 Å². The molecule has 0 unspecified atom stereocenters. The van der Waals surface area contributed by atoms with Gasteiger partial charge in [0.25, 0.3) is 5.91 Å². The number of likely N-dealkylation sites (N-methyl/N-ethyl adjacent to an activating group) is 1. The van der Waals surface area contributed by atoms with Gasteiger partial charge in [-0.15, -0.1) is 0 Å². The van der Waals surface area contributed by atoms with E-state index in [1.807, 2.05) is 0 Å². The third kappa shape index (κ3) is 6.80. The summed E-state index contributed by atoms with van der Waals surface area (Å²) in [6.45, 7) is 1.03. The van der Waals surface area contributed by atoms with Gasteiger partial charge in [-0.2, -0.15) is 0 Å². The van der Waals surface area contributed by atoms with E-state index in [1.165, 1.54) is 0 Å². The molecular weight excluding hydrogens is 280 g/mol. The summed E-state index contributed by atoms with van der Waals surface area (Å²) >= 11 is 0. The third-order valence-corrected chi connectivity index (χ3v) is 2.55. The fourth-order valence-electron chi connectivity index (χ4n) is 1.65. The fraction of sp³-hybridized carbons (Fsp3) is 0.429. The summed E-state index contributed by atoms with van der Waals surface area (Å²) in [6.07, 6.45) is 0.530. The topological polar surface area (TPSA) is 61.4 Å². The minimum Gasteiger partial charge on any atom is -0.355 e. The van der Waals surface area contributed by atoms with E-state index < -0.39 is 17.5 Å². The first kappa shape index (κ1) is 17.0. The molecule has 0 radical (unpaired) electrons. The van der Waals surface area contributed by atoms with Crippen molar-refractivity contribution in [2.24, 2.45) is 0 Å². The SMILES string of the molecule is CN(C)CC(=O)NCCCNC(=O)c1cc(F)cc(F)c1. The second kappa shape index (κ2) is 8.31. The number of amides is 2. The molecule has 0 fully saturated rings. The monoisotopic (exact) mass is 299 g/mol. The highest BCUT2D eigenvalue weighted by atomic mass is 19.1. The molecule has 0 aliphatic carbocycles. The van der Waals surface area contributed by atoms with Gasteiger partial charge in [-0.3, -0.25) is 9.59 Å². The second-order valence-electron chi connectivity index (χ2n) is 4.86. The van der Waals surface area contributed by atoms with Crippen molar-refractivity contribution in [2.45, 2.75) is 6.42 Å². The Bertz CT molecular complexity index is 487. The molecule has 0 aliphatic rings. The van der Waals surface area contributed by atoms with E-state index in [4.69, 9.17) is 0 Å². The minimum atomic E-state index is -0.795. The minimum absolute atomic E-state index is 0.0656. The maximum absolute atomic E-state index is 13.0. The quantitative estimate of drug-likeness (QED) is 0.731. The number of benzene rings is 1. The average molecular weight is 299 g/mol. The number of rotatable bonds is 7. The highest BCUT2D eigenvalue weighted by Gasteiger charge is 2.08. The second-order valence-corrected chi connectivity index (χ2v) is 4.86. The molecule has 1 aromatic carbocycles. The molecular formula is C14H19F2N3O2. The number of nitrogens with one attached hydrogen (secondary N) is 2. The summed E-state index contributed by atoms with van der Waals surface area (Å²) in [7, 11) is 3.58. The van der Waals surface area contributed by atoms with Crippen LogP contribution in [0.4, 0.5) is 8.78 Å². The van der Waals surface area contributed by atoms with E-state index in [9.17, 15) is 18.4 Å². The zero-order valence-corrected chi connectivity index (χ0v) is 12.1. The number of nitrogens with zero attached hydrogens (tertiary/aromatic N) is 1. The van der Waals surface area contributed by atoms with Gasteiger partial charge in [-0.1, -0.05) is 0 Å². The fourth-order valence-corrected chi connectivity index (χ4v) is 1.65. The van der Waals surface area contributed by atoms with Gasteiger partial charge >= 0.3 is 0 Å². The van der Waals surface area contributed by atoms with E-state index in [-0.39, 0.29) is 11.5 Å². The van der Waals surface area contributed by atoms with E-state index in [1.54, 1.807) is 19.0 Å². The smallest absolute Gasteiger partial charge is 0.251 e. The van der Waals surface area contributed by atoms with Crippen molar-refractivity contribution in [1.29, 1.82) is 0 Å². The Morgan fingerprint density at radius 1 is 1.05 bits per heavy atom. The summed E-state index contributed by atoms with van der Waals surface area (Å²) < 4.78 is 25.9. The van der Waals surface area contributed by atoms with Gasteiger partial charge in [0.15, 0.2) is 0 Å². The van der Waals surface area contributed by atoms with Crippen LogP contribution < -0.4 is 10.6 Å². The summed E-state index contributed by atoms with van der Waals surface area (Å²) in [5.74, 6) is -2.24. The number of carbonyl (C=O) groups is 2. The summed E-state index contributed by atoms with van der Waals surface area (Å²) in [5, 5.41) is 5.23. The van der Waals surface area contributed by atoms with Crippen LogP contribution in [0.1, 0.15) is 16.8 Å². The van der Waals surface area contributed by atoms with Crippen LogP contribution in [0.3, 0.4) is 0 Å². The first-order valence-electron chi connectivity index (χ1n) is 6.54. The Hall–Kier alpha value is -2.02.